The highest BCUT2D eigenvalue weighted by molar-refractivity contribution is 5.99. The third-order valence-corrected chi connectivity index (χ3v) is 8.26. The molecule has 44 heavy (non-hydrogen) atoms. The van der Waals surface area contributed by atoms with Gasteiger partial charge >= 0.3 is 0 Å². The molecular weight excluding hydrogens is 560 g/mol. The standard InChI is InChI=1S/C33H50N6O5/c1-25(2)31-34-17-23-39(31)22-16-30(41)38-20-10-9-18-36(5)33(43)28(14-11-19-35(4)26(3)40)37(6)32(42)27-13-7-8-15-29(27)44-24-12-21-38/h7-8,13,15,17,23,25,28H,9-12,14,16,18-22,24H2,1-6H3/t28-/m0/s1. The number of likely N-dealkylation sites (N-methyl/N-ethyl adjacent to an activating group) is 2. The molecule has 1 aromatic heterocycles. The number of rotatable bonds is 8. The number of carbonyl (C=O) groups excluding carboxylic acids is 4. The summed E-state index contributed by atoms with van der Waals surface area (Å²) in [7, 11) is 5.15. The Kier molecular flexibility index (Phi) is 13.2. The minimum Gasteiger partial charge on any atom is -0.493 e. The first-order valence-corrected chi connectivity index (χ1v) is 15.8. The summed E-state index contributed by atoms with van der Waals surface area (Å²) in [5.74, 6) is 1.28. The van der Waals surface area contributed by atoms with E-state index in [0.29, 0.717) is 76.3 Å². The van der Waals surface area contributed by atoms with Gasteiger partial charge in [0.15, 0.2) is 0 Å². The van der Waals surface area contributed by atoms with Gasteiger partial charge in [0.1, 0.15) is 17.6 Å². The number of imidazole rings is 1. The molecule has 0 fully saturated rings. The molecule has 0 saturated heterocycles. The van der Waals surface area contributed by atoms with E-state index in [9.17, 15) is 19.2 Å². The largest absolute Gasteiger partial charge is 0.493 e. The molecule has 242 valence electrons. The van der Waals surface area contributed by atoms with Crippen LogP contribution in [0, 0.1) is 0 Å². The van der Waals surface area contributed by atoms with Crippen LogP contribution in [-0.2, 0) is 20.9 Å². The molecule has 3 rings (SSSR count). The van der Waals surface area contributed by atoms with Crippen LogP contribution in [0.15, 0.2) is 36.7 Å². The predicted molar refractivity (Wildman–Crippen MR) is 169 cm³/mol. The first kappa shape index (κ1) is 34.6. The molecule has 1 aliphatic rings. The van der Waals surface area contributed by atoms with E-state index < -0.39 is 6.04 Å². The van der Waals surface area contributed by atoms with Gasteiger partial charge in [0.05, 0.1) is 12.2 Å². The predicted octanol–water partition coefficient (Wildman–Crippen LogP) is 3.65. The second kappa shape index (κ2) is 16.8. The van der Waals surface area contributed by atoms with Crippen molar-refractivity contribution in [2.24, 2.45) is 0 Å². The maximum absolute atomic E-state index is 13.7. The zero-order valence-corrected chi connectivity index (χ0v) is 27.3. The normalized spacial score (nSPS) is 17.4. The van der Waals surface area contributed by atoms with E-state index in [1.54, 1.807) is 55.3 Å². The Morgan fingerprint density at radius 1 is 1.07 bits per heavy atom. The molecule has 2 heterocycles. The Labute approximate surface area is 262 Å². The molecule has 0 radical (unpaired) electrons. The average Bonchev–Trinajstić information content (AvgIpc) is 3.49. The van der Waals surface area contributed by atoms with Crippen molar-refractivity contribution in [1.82, 2.24) is 29.2 Å². The van der Waals surface area contributed by atoms with Gasteiger partial charge in [-0.25, -0.2) is 4.98 Å². The van der Waals surface area contributed by atoms with Gasteiger partial charge in [-0.1, -0.05) is 26.0 Å². The van der Waals surface area contributed by atoms with Crippen LogP contribution in [0.1, 0.15) is 81.4 Å². The summed E-state index contributed by atoms with van der Waals surface area (Å²) in [6.45, 7) is 8.75. The second-order valence-electron chi connectivity index (χ2n) is 11.9. The number of fused-ring (bicyclic) bond motifs is 1. The third-order valence-electron chi connectivity index (χ3n) is 8.26. The molecule has 1 aliphatic heterocycles. The van der Waals surface area contributed by atoms with E-state index in [-0.39, 0.29) is 29.5 Å². The Bertz CT molecular complexity index is 1260. The van der Waals surface area contributed by atoms with Crippen LogP contribution in [0.2, 0.25) is 0 Å². The number of ether oxygens (including phenoxy) is 1. The van der Waals surface area contributed by atoms with Gasteiger partial charge in [-0.05, 0) is 44.2 Å². The van der Waals surface area contributed by atoms with E-state index in [2.05, 4.69) is 18.8 Å². The summed E-state index contributed by atoms with van der Waals surface area (Å²) in [6.07, 6.45) is 7.16. The Morgan fingerprint density at radius 3 is 2.50 bits per heavy atom. The highest BCUT2D eigenvalue weighted by atomic mass is 16.5. The lowest BCUT2D eigenvalue weighted by molar-refractivity contribution is -0.135. The molecule has 1 atom stereocenters. The van der Waals surface area contributed by atoms with Crippen LogP contribution in [-0.4, -0.2) is 113 Å². The van der Waals surface area contributed by atoms with Crippen LogP contribution < -0.4 is 4.74 Å². The molecule has 11 heteroatoms. The second-order valence-corrected chi connectivity index (χ2v) is 11.9. The fraction of sp³-hybridized carbons (Fsp3) is 0.606. The third kappa shape index (κ3) is 9.56. The molecule has 0 unspecified atom stereocenters. The van der Waals surface area contributed by atoms with Crippen molar-refractivity contribution in [2.75, 3.05) is 53.9 Å². The summed E-state index contributed by atoms with van der Waals surface area (Å²) in [5, 5.41) is 0. The maximum atomic E-state index is 13.7. The Hall–Kier alpha value is -3.89. The molecule has 4 amide bonds. The minimum atomic E-state index is -0.689. The number of aryl methyl sites for hydroxylation is 1. The van der Waals surface area contributed by atoms with Crippen molar-refractivity contribution in [3.05, 3.63) is 48.0 Å². The van der Waals surface area contributed by atoms with Crippen molar-refractivity contribution < 1.29 is 23.9 Å². The van der Waals surface area contributed by atoms with Crippen molar-refractivity contribution in [3.8, 4) is 5.75 Å². The molecule has 0 aliphatic carbocycles. The number of amides is 4. The van der Waals surface area contributed by atoms with Crippen LogP contribution in [0.3, 0.4) is 0 Å². The highest BCUT2D eigenvalue weighted by Crippen LogP contribution is 2.23. The van der Waals surface area contributed by atoms with Gasteiger partial charge in [0.2, 0.25) is 17.7 Å². The topological polar surface area (TPSA) is 108 Å². The number of aromatic nitrogens is 2. The van der Waals surface area contributed by atoms with Crippen molar-refractivity contribution >= 4 is 23.6 Å². The quantitative estimate of drug-likeness (QED) is 0.452. The van der Waals surface area contributed by atoms with Gasteiger partial charge in [-0.2, -0.15) is 0 Å². The van der Waals surface area contributed by atoms with Crippen LogP contribution in [0.4, 0.5) is 0 Å². The molecule has 11 nitrogen and oxygen atoms in total. The van der Waals surface area contributed by atoms with E-state index in [1.165, 1.54) is 11.8 Å². The van der Waals surface area contributed by atoms with Crippen LogP contribution in [0.5, 0.6) is 5.75 Å². The number of benzene rings is 1. The van der Waals surface area contributed by atoms with Gasteiger partial charge in [0, 0.05) is 85.5 Å². The molecule has 1 aromatic carbocycles. The van der Waals surface area contributed by atoms with E-state index in [1.807, 2.05) is 21.7 Å². The molecule has 0 spiro atoms. The fourth-order valence-corrected chi connectivity index (χ4v) is 5.46. The van der Waals surface area contributed by atoms with Gasteiger partial charge in [-0.15, -0.1) is 0 Å². The minimum absolute atomic E-state index is 0.0449. The van der Waals surface area contributed by atoms with E-state index >= 15 is 0 Å². The number of hydrogen-bond acceptors (Lipinski definition) is 6. The zero-order chi connectivity index (χ0) is 32.2. The number of nitrogens with zero attached hydrogens (tertiary/aromatic N) is 6. The van der Waals surface area contributed by atoms with E-state index in [0.717, 1.165) is 18.7 Å². The first-order chi connectivity index (χ1) is 21.0. The summed E-state index contributed by atoms with van der Waals surface area (Å²) < 4.78 is 8.13. The number of carbonyl (C=O) groups is 4. The fourth-order valence-electron chi connectivity index (χ4n) is 5.46. The van der Waals surface area contributed by atoms with Gasteiger partial charge < -0.3 is 28.9 Å². The lowest BCUT2D eigenvalue weighted by Gasteiger charge is -2.32. The molecular formula is C33H50N6O5. The summed E-state index contributed by atoms with van der Waals surface area (Å²) in [5.41, 5.74) is 0.387. The van der Waals surface area contributed by atoms with Gasteiger partial charge in [-0.3, -0.25) is 19.2 Å². The summed E-state index contributed by atoms with van der Waals surface area (Å²) in [4.78, 5) is 63.6. The summed E-state index contributed by atoms with van der Waals surface area (Å²) >= 11 is 0. The Balaban J connectivity index is 1.76. The Morgan fingerprint density at radius 2 is 1.77 bits per heavy atom. The lowest BCUT2D eigenvalue weighted by Crippen LogP contribution is -2.49. The maximum Gasteiger partial charge on any atom is 0.258 e. The smallest absolute Gasteiger partial charge is 0.258 e. The molecule has 2 aromatic rings. The highest BCUT2D eigenvalue weighted by Gasteiger charge is 2.31. The number of hydrogen-bond donors (Lipinski definition) is 0. The zero-order valence-electron chi connectivity index (χ0n) is 27.3. The van der Waals surface area contributed by atoms with Crippen LogP contribution >= 0.6 is 0 Å². The van der Waals surface area contributed by atoms with Crippen LogP contribution in [0.25, 0.3) is 0 Å². The summed E-state index contributed by atoms with van der Waals surface area (Å²) in [6, 6.07) is 6.38. The number of para-hydroxylation sites is 1. The van der Waals surface area contributed by atoms with E-state index in [4.69, 9.17) is 4.74 Å². The van der Waals surface area contributed by atoms with Gasteiger partial charge in [0.25, 0.3) is 5.91 Å². The van der Waals surface area contributed by atoms with Crippen molar-refractivity contribution in [1.29, 1.82) is 0 Å². The lowest BCUT2D eigenvalue weighted by atomic mass is 10.1. The molecule has 0 N–H and O–H groups in total. The van der Waals surface area contributed by atoms with Crippen molar-refractivity contribution in [2.45, 2.75) is 77.8 Å². The molecule has 0 saturated carbocycles. The first-order valence-electron chi connectivity index (χ1n) is 15.8. The van der Waals surface area contributed by atoms with Crippen molar-refractivity contribution in [3.63, 3.8) is 0 Å². The monoisotopic (exact) mass is 610 g/mol. The SMILES string of the molecule is CC(=O)N(C)CCC[C@H]1C(=O)N(C)CCCCN(C(=O)CCn2ccnc2C(C)C)CCCOc2ccccc2C(=O)N1C. The molecule has 0 bridgehead atoms. The average molecular weight is 611 g/mol.